The molecule has 0 radical (unpaired) electrons. The molecule has 14 heavy (non-hydrogen) atoms. The van der Waals surface area contributed by atoms with E-state index in [1.165, 1.54) is 19.3 Å². The van der Waals surface area contributed by atoms with Crippen LogP contribution in [0, 0.1) is 5.92 Å². The van der Waals surface area contributed by atoms with Gasteiger partial charge < -0.3 is 0 Å². The molecule has 2 saturated heterocycles. The second kappa shape index (κ2) is 3.48. The first-order valence-electron chi connectivity index (χ1n) is 5.94. The molecule has 3 atom stereocenters. The smallest absolute Gasteiger partial charge is 0.115 e. The molecule has 1 nitrogen and oxygen atoms in total. The molecule has 0 spiro atoms. The van der Waals surface area contributed by atoms with Gasteiger partial charge in [-0.05, 0) is 38.5 Å². The summed E-state index contributed by atoms with van der Waals surface area (Å²) in [4.78, 5) is 2.44. The molecule has 2 rings (SSSR count). The minimum absolute atomic E-state index is 0.229. The van der Waals surface area contributed by atoms with E-state index in [4.69, 9.17) is 0 Å². The summed E-state index contributed by atoms with van der Waals surface area (Å²) in [6.07, 6.45) is 3.87. The molecule has 1 unspecified atom stereocenters. The Balaban J connectivity index is 2.14. The summed E-state index contributed by atoms with van der Waals surface area (Å²) >= 11 is 0. The average molecular weight is 199 g/mol. The standard InChI is InChI=1S/C12H22FN/c1-9(2)6-12-5-4-10(3)14(12)8-11(13)7-12/h9-11H,4-8H2,1-3H3/t10-,11?,12-/m1/s1. The normalized spacial score (nSPS) is 43.5. The van der Waals surface area contributed by atoms with Gasteiger partial charge >= 0.3 is 0 Å². The Morgan fingerprint density at radius 2 is 2.21 bits per heavy atom. The molecule has 2 aliphatic heterocycles. The van der Waals surface area contributed by atoms with Crippen molar-refractivity contribution in [3.8, 4) is 0 Å². The van der Waals surface area contributed by atoms with E-state index in [0.717, 1.165) is 6.42 Å². The lowest BCUT2D eigenvalue weighted by molar-refractivity contribution is 0.132. The zero-order valence-electron chi connectivity index (χ0n) is 9.59. The average Bonchev–Trinajstić information content (AvgIpc) is 2.49. The maximum absolute atomic E-state index is 13.5. The lowest BCUT2D eigenvalue weighted by Crippen LogP contribution is -2.42. The third kappa shape index (κ3) is 1.58. The van der Waals surface area contributed by atoms with Crippen LogP contribution in [0.4, 0.5) is 4.39 Å². The van der Waals surface area contributed by atoms with E-state index < -0.39 is 6.17 Å². The van der Waals surface area contributed by atoms with Crippen molar-refractivity contribution in [1.82, 2.24) is 4.90 Å². The largest absolute Gasteiger partial charge is 0.292 e. The monoisotopic (exact) mass is 199 g/mol. The van der Waals surface area contributed by atoms with Gasteiger partial charge in [-0.1, -0.05) is 13.8 Å². The first-order chi connectivity index (χ1) is 6.53. The number of hydrogen-bond acceptors (Lipinski definition) is 1. The Labute approximate surface area is 86.7 Å². The van der Waals surface area contributed by atoms with Crippen LogP contribution < -0.4 is 0 Å². The molecule has 0 saturated carbocycles. The Morgan fingerprint density at radius 1 is 1.50 bits per heavy atom. The van der Waals surface area contributed by atoms with Crippen molar-refractivity contribution in [2.75, 3.05) is 6.54 Å². The fraction of sp³-hybridized carbons (Fsp3) is 1.00. The zero-order valence-corrected chi connectivity index (χ0v) is 9.59. The summed E-state index contributed by atoms with van der Waals surface area (Å²) < 4.78 is 13.5. The Bertz CT molecular complexity index is 216. The van der Waals surface area contributed by atoms with Crippen LogP contribution in [-0.2, 0) is 0 Å². The highest BCUT2D eigenvalue weighted by atomic mass is 19.1. The SMILES string of the molecule is CC(C)C[C@@]12CC[C@@H](C)N1CC(F)C2. The van der Waals surface area contributed by atoms with Gasteiger partial charge in [0, 0.05) is 18.1 Å². The van der Waals surface area contributed by atoms with E-state index in [1.807, 2.05) is 0 Å². The van der Waals surface area contributed by atoms with Gasteiger partial charge in [-0.3, -0.25) is 4.90 Å². The van der Waals surface area contributed by atoms with Gasteiger partial charge in [-0.25, -0.2) is 4.39 Å². The zero-order chi connectivity index (χ0) is 10.3. The predicted octanol–water partition coefficient (Wildman–Crippen LogP) is 3.00. The van der Waals surface area contributed by atoms with Crippen LogP contribution in [-0.4, -0.2) is 29.2 Å². The minimum atomic E-state index is -0.573. The van der Waals surface area contributed by atoms with Crippen molar-refractivity contribution < 1.29 is 4.39 Å². The number of halogens is 1. The molecule has 0 aromatic rings. The molecular weight excluding hydrogens is 177 g/mol. The van der Waals surface area contributed by atoms with Gasteiger partial charge in [-0.2, -0.15) is 0 Å². The summed E-state index contributed by atoms with van der Waals surface area (Å²) in [5, 5.41) is 0. The Morgan fingerprint density at radius 3 is 2.86 bits per heavy atom. The third-order valence-corrected chi connectivity index (χ3v) is 3.95. The molecule has 0 aromatic carbocycles. The van der Waals surface area contributed by atoms with Crippen molar-refractivity contribution in [3.63, 3.8) is 0 Å². The quantitative estimate of drug-likeness (QED) is 0.661. The van der Waals surface area contributed by atoms with Crippen LogP contribution in [0.15, 0.2) is 0 Å². The molecule has 2 heterocycles. The number of nitrogens with zero attached hydrogens (tertiary/aromatic N) is 1. The van der Waals surface area contributed by atoms with Crippen LogP contribution in [0.2, 0.25) is 0 Å². The first kappa shape index (κ1) is 10.4. The van der Waals surface area contributed by atoms with E-state index in [9.17, 15) is 4.39 Å². The van der Waals surface area contributed by atoms with Gasteiger partial charge in [0.15, 0.2) is 0 Å². The second-order valence-corrected chi connectivity index (χ2v) is 5.66. The Hall–Kier alpha value is -0.110. The fourth-order valence-corrected chi connectivity index (χ4v) is 3.59. The topological polar surface area (TPSA) is 3.24 Å². The summed E-state index contributed by atoms with van der Waals surface area (Å²) in [6, 6.07) is 0.606. The maximum atomic E-state index is 13.5. The molecule has 2 heteroatoms. The van der Waals surface area contributed by atoms with Gasteiger partial charge in [0.2, 0.25) is 0 Å². The van der Waals surface area contributed by atoms with Crippen molar-refractivity contribution in [2.45, 2.75) is 64.2 Å². The highest BCUT2D eigenvalue weighted by Gasteiger charge is 2.51. The summed E-state index contributed by atoms with van der Waals surface area (Å²) in [5.41, 5.74) is 0.229. The summed E-state index contributed by atoms with van der Waals surface area (Å²) in [5.74, 6) is 0.688. The van der Waals surface area contributed by atoms with Crippen LogP contribution in [0.5, 0.6) is 0 Å². The second-order valence-electron chi connectivity index (χ2n) is 5.66. The molecule has 82 valence electrons. The van der Waals surface area contributed by atoms with Gasteiger partial charge in [0.05, 0.1) is 0 Å². The molecule has 2 fully saturated rings. The number of fused-ring (bicyclic) bond motifs is 1. The van der Waals surface area contributed by atoms with E-state index in [2.05, 4.69) is 25.7 Å². The van der Waals surface area contributed by atoms with E-state index in [1.54, 1.807) is 0 Å². The minimum Gasteiger partial charge on any atom is -0.292 e. The van der Waals surface area contributed by atoms with Gasteiger partial charge in [0.25, 0.3) is 0 Å². The molecule has 0 aromatic heterocycles. The summed E-state index contributed by atoms with van der Waals surface area (Å²) in [6.45, 7) is 7.44. The molecule has 0 N–H and O–H groups in total. The highest BCUT2D eigenvalue weighted by molar-refractivity contribution is 5.06. The number of hydrogen-bond donors (Lipinski definition) is 0. The molecule has 0 amide bonds. The van der Waals surface area contributed by atoms with Crippen molar-refractivity contribution >= 4 is 0 Å². The van der Waals surface area contributed by atoms with Crippen LogP contribution in [0.1, 0.15) is 46.5 Å². The van der Waals surface area contributed by atoms with Crippen LogP contribution in [0.25, 0.3) is 0 Å². The molecule has 0 bridgehead atoms. The molecular formula is C12H22FN. The maximum Gasteiger partial charge on any atom is 0.115 e. The number of rotatable bonds is 2. The summed E-state index contributed by atoms with van der Waals surface area (Å²) in [7, 11) is 0. The van der Waals surface area contributed by atoms with Gasteiger partial charge in [0.1, 0.15) is 6.17 Å². The van der Waals surface area contributed by atoms with Crippen molar-refractivity contribution in [2.24, 2.45) is 5.92 Å². The molecule has 2 aliphatic rings. The van der Waals surface area contributed by atoms with Crippen molar-refractivity contribution in [3.05, 3.63) is 0 Å². The number of alkyl halides is 1. The third-order valence-electron chi connectivity index (χ3n) is 3.95. The van der Waals surface area contributed by atoms with E-state index in [-0.39, 0.29) is 5.54 Å². The van der Waals surface area contributed by atoms with Crippen LogP contribution >= 0.6 is 0 Å². The highest BCUT2D eigenvalue weighted by Crippen LogP contribution is 2.46. The van der Waals surface area contributed by atoms with Crippen LogP contribution in [0.3, 0.4) is 0 Å². The van der Waals surface area contributed by atoms with E-state index in [0.29, 0.717) is 18.5 Å². The first-order valence-corrected chi connectivity index (χ1v) is 5.94. The van der Waals surface area contributed by atoms with Crippen molar-refractivity contribution in [1.29, 1.82) is 0 Å². The lowest BCUT2D eigenvalue weighted by atomic mass is 9.85. The lowest BCUT2D eigenvalue weighted by Gasteiger charge is -2.35. The molecule has 0 aliphatic carbocycles. The predicted molar refractivity (Wildman–Crippen MR) is 57.1 cm³/mol. The fourth-order valence-electron chi connectivity index (χ4n) is 3.59. The van der Waals surface area contributed by atoms with E-state index >= 15 is 0 Å². The van der Waals surface area contributed by atoms with Gasteiger partial charge in [-0.15, -0.1) is 0 Å². The Kier molecular flexibility index (Phi) is 2.59.